The first-order chi connectivity index (χ1) is 14.6. The average molecular weight is 401 g/mol. The highest BCUT2D eigenvalue weighted by Gasteiger charge is 2.14. The molecule has 2 aromatic heterocycles. The van der Waals surface area contributed by atoms with Gasteiger partial charge in [0.2, 0.25) is 5.89 Å². The predicted molar refractivity (Wildman–Crippen MR) is 113 cm³/mol. The fraction of sp³-hybridized carbons (Fsp3) is 0.217. The van der Waals surface area contributed by atoms with Crippen molar-refractivity contribution in [3.8, 4) is 17.3 Å². The maximum absolute atomic E-state index is 12.6. The Morgan fingerprint density at radius 2 is 1.87 bits per heavy atom. The summed E-state index contributed by atoms with van der Waals surface area (Å²) in [6.07, 6.45) is 1.83. The average Bonchev–Trinajstić information content (AvgIpc) is 3.37. The number of carbonyl (C=O) groups is 1. The Morgan fingerprint density at radius 1 is 1.03 bits per heavy atom. The number of aromatic nitrogens is 4. The number of amides is 1. The lowest BCUT2D eigenvalue weighted by Gasteiger charge is -2.08. The topological polar surface area (TPSA) is 85.8 Å². The SMILES string of the molecule is Cc1nnc(-c2cc(C)n(-c3cccc(C(=O)NCCCc4ccccc4)c3)n2)o1. The third-order valence-corrected chi connectivity index (χ3v) is 4.76. The molecule has 7 heteroatoms. The van der Waals surface area contributed by atoms with Gasteiger partial charge in [0, 0.05) is 24.7 Å². The van der Waals surface area contributed by atoms with Crippen LogP contribution in [0.4, 0.5) is 0 Å². The van der Waals surface area contributed by atoms with Gasteiger partial charge in [0.25, 0.3) is 11.8 Å². The van der Waals surface area contributed by atoms with Crippen molar-refractivity contribution in [3.63, 3.8) is 0 Å². The van der Waals surface area contributed by atoms with Gasteiger partial charge >= 0.3 is 0 Å². The fourth-order valence-corrected chi connectivity index (χ4v) is 3.26. The zero-order valence-corrected chi connectivity index (χ0v) is 17.0. The molecule has 0 saturated heterocycles. The Bertz CT molecular complexity index is 1150. The van der Waals surface area contributed by atoms with Crippen LogP contribution in [0.3, 0.4) is 0 Å². The number of nitrogens with zero attached hydrogens (tertiary/aromatic N) is 4. The molecular weight excluding hydrogens is 378 g/mol. The largest absolute Gasteiger partial charge is 0.420 e. The molecule has 4 aromatic rings. The third kappa shape index (κ3) is 4.46. The van der Waals surface area contributed by atoms with Crippen molar-refractivity contribution in [1.29, 1.82) is 0 Å². The second-order valence-corrected chi connectivity index (χ2v) is 7.10. The van der Waals surface area contributed by atoms with Crippen LogP contribution in [0.5, 0.6) is 0 Å². The van der Waals surface area contributed by atoms with Gasteiger partial charge in [-0.2, -0.15) is 5.10 Å². The van der Waals surface area contributed by atoms with Crippen LogP contribution >= 0.6 is 0 Å². The zero-order chi connectivity index (χ0) is 20.9. The first kappa shape index (κ1) is 19.6. The molecule has 1 amide bonds. The Morgan fingerprint density at radius 3 is 2.63 bits per heavy atom. The second kappa shape index (κ2) is 8.73. The van der Waals surface area contributed by atoms with Gasteiger partial charge < -0.3 is 9.73 Å². The predicted octanol–water partition coefficient (Wildman–Crippen LogP) is 3.90. The highest BCUT2D eigenvalue weighted by atomic mass is 16.4. The van der Waals surface area contributed by atoms with E-state index in [0.29, 0.717) is 29.6 Å². The molecule has 4 rings (SSSR count). The molecule has 0 atom stereocenters. The van der Waals surface area contributed by atoms with Crippen molar-refractivity contribution in [1.82, 2.24) is 25.3 Å². The number of hydrogen-bond acceptors (Lipinski definition) is 5. The molecule has 0 aliphatic rings. The molecule has 0 aliphatic carbocycles. The molecule has 0 radical (unpaired) electrons. The van der Waals surface area contributed by atoms with E-state index < -0.39 is 0 Å². The Hall–Kier alpha value is -3.74. The standard InChI is InChI=1S/C23H23N5O2/c1-16-14-21(23-26-25-17(2)30-23)27-28(16)20-12-6-11-19(15-20)22(29)24-13-7-10-18-8-4-3-5-9-18/h3-6,8-9,11-12,14-15H,7,10,13H2,1-2H3,(H,24,29). The molecule has 0 fully saturated rings. The van der Waals surface area contributed by atoms with Crippen LogP contribution in [-0.4, -0.2) is 32.4 Å². The van der Waals surface area contributed by atoms with E-state index in [1.54, 1.807) is 17.7 Å². The number of benzene rings is 2. The van der Waals surface area contributed by atoms with Crippen LogP contribution in [0, 0.1) is 13.8 Å². The summed E-state index contributed by atoms with van der Waals surface area (Å²) in [5.41, 5.74) is 4.17. The van der Waals surface area contributed by atoms with Crippen LogP contribution in [0.1, 0.15) is 33.9 Å². The quantitative estimate of drug-likeness (QED) is 0.475. The van der Waals surface area contributed by atoms with Gasteiger partial charge in [-0.25, -0.2) is 4.68 Å². The molecule has 0 aliphatic heterocycles. The van der Waals surface area contributed by atoms with E-state index in [9.17, 15) is 4.79 Å². The minimum absolute atomic E-state index is 0.0949. The summed E-state index contributed by atoms with van der Waals surface area (Å²) in [4.78, 5) is 12.6. The Balaban J connectivity index is 1.42. The lowest BCUT2D eigenvalue weighted by Crippen LogP contribution is -2.24. The Labute approximate surface area is 174 Å². The van der Waals surface area contributed by atoms with Crippen molar-refractivity contribution >= 4 is 5.91 Å². The minimum Gasteiger partial charge on any atom is -0.420 e. The van der Waals surface area contributed by atoms with Crippen LogP contribution in [0.15, 0.2) is 65.1 Å². The Kier molecular flexibility index (Phi) is 5.70. The summed E-state index contributed by atoms with van der Waals surface area (Å²) in [6.45, 7) is 4.30. The molecule has 30 heavy (non-hydrogen) atoms. The van der Waals surface area contributed by atoms with Crippen LogP contribution in [0.25, 0.3) is 17.3 Å². The monoisotopic (exact) mass is 401 g/mol. The summed E-state index contributed by atoms with van der Waals surface area (Å²) in [6, 6.07) is 19.5. The number of aryl methyl sites for hydroxylation is 3. The number of rotatable bonds is 7. The van der Waals surface area contributed by atoms with Crippen molar-refractivity contribution in [2.24, 2.45) is 0 Å². The zero-order valence-electron chi connectivity index (χ0n) is 17.0. The first-order valence-electron chi connectivity index (χ1n) is 9.90. The molecule has 0 saturated carbocycles. The second-order valence-electron chi connectivity index (χ2n) is 7.10. The van der Waals surface area contributed by atoms with Crippen LogP contribution < -0.4 is 5.32 Å². The van der Waals surface area contributed by atoms with Gasteiger partial charge in [-0.15, -0.1) is 10.2 Å². The van der Waals surface area contributed by atoms with E-state index in [-0.39, 0.29) is 5.91 Å². The highest BCUT2D eigenvalue weighted by Crippen LogP contribution is 2.20. The van der Waals surface area contributed by atoms with Gasteiger partial charge in [0.05, 0.1) is 5.69 Å². The lowest BCUT2D eigenvalue weighted by atomic mass is 10.1. The third-order valence-electron chi connectivity index (χ3n) is 4.76. The summed E-state index contributed by atoms with van der Waals surface area (Å²) in [7, 11) is 0. The van der Waals surface area contributed by atoms with Gasteiger partial charge in [-0.3, -0.25) is 4.79 Å². The maximum Gasteiger partial charge on any atom is 0.268 e. The number of hydrogen-bond donors (Lipinski definition) is 1. The van der Waals surface area contributed by atoms with Gasteiger partial charge in [0.15, 0.2) is 0 Å². The summed E-state index contributed by atoms with van der Waals surface area (Å²) in [5.74, 6) is 0.771. The van der Waals surface area contributed by atoms with Crippen LogP contribution in [0.2, 0.25) is 0 Å². The lowest BCUT2D eigenvalue weighted by molar-refractivity contribution is 0.0953. The maximum atomic E-state index is 12.6. The summed E-state index contributed by atoms with van der Waals surface area (Å²) in [5, 5.41) is 15.4. The molecule has 152 valence electrons. The van der Waals surface area contributed by atoms with E-state index in [1.807, 2.05) is 49.4 Å². The molecule has 0 bridgehead atoms. The minimum atomic E-state index is -0.0949. The molecule has 2 heterocycles. The molecular formula is C23H23N5O2. The number of nitrogens with one attached hydrogen (secondary N) is 1. The van der Waals surface area contributed by atoms with E-state index >= 15 is 0 Å². The van der Waals surface area contributed by atoms with Gasteiger partial charge in [-0.1, -0.05) is 36.4 Å². The van der Waals surface area contributed by atoms with Crippen molar-refractivity contribution in [2.75, 3.05) is 6.54 Å². The molecule has 2 aromatic carbocycles. The molecule has 0 unspecified atom stereocenters. The van der Waals surface area contributed by atoms with Crippen molar-refractivity contribution < 1.29 is 9.21 Å². The van der Waals surface area contributed by atoms with E-state index in [1.165, 1.54) is 5.56 Å². The summed E-state index contributed by atoms with van der Waals surface area (Å²) >= 11 is 0. The van der Waals surface area contributed by atoms with Crippen molar-refractivity contribution in [2.45, 2.75) is 26.7 Å². The molecule has 0 spiro atoms. The van der Waals surface area contributed by atoms with Gasteiger partial charge in [0.1, 0.15) is 5.69 Å². The van der Waals surface area contributed by atoms with E-state index in [2.05, 4.69) is 32.7 Å². The highest BCUT2D eigenvalue weighted by molar-refractivity contribution is 5.94. The smallest absolute Gasteiger partial charge is 0.268 e. The normalized spacial score (nSPS) is 10.9. The van der Waals surface area contributed by atoms with Crippen molar-refractivity contribution in [3.05, 3.63) is 83.4 Å². The summed E-state index contributed by atoms with van der Waals surface area (Å²) < 4.78 is 7.23. The van der Waals surface area contributed by atoms with E-state index in [4.69, 9.17) is 4.42 Å². The number of carbonyl (C=O) groups excluding carboxylic acids is 1. The van der Waals surface area contributed by atoms with E-state index in [0.717, 1.165) is 24.2 Å². The fourth-order valence-electron chi connectivity index (χ4n) is 3.26. The molecule has 7 nitrogen and oxygen atoms in total. The van der Waals surface area contributed by atoms with Gasteiger partial charge in [-0.05, 0) is 49.6 Å². The van der Waals surface area contributed by atoms with Crippen LogP contribution in [-0.2, 0) is 6.42 Å². The molecule has 1 N–H and O–H groups in total. The first-order valence-corrected chi connectivity index (χ1v) is 9.90.